The fourth-order valence-corrected chi connectivity index (χ4v) is 1.78. The van der Waals surface area contributed by atoms with Crippen molar-refractivity contribution in [2.45, 2.75) is 19.7 Å². The zero-order valence-corrected chi connectivity index (χ0v) is 11.7. The average Bonchev–Trinajstić information content (AvgIpc) is 2.27. The van der Waals surface area contributed by atoms with Crippen molar-refractivity contribution in [2.75, 3.05) is 11.9 Å². The van der Waals surface area contributed by atoms with Crippen LogP contribution in [0.25, 0.3) is 0 Å². The summed E-state index contributed by atoms with van der Waals surface area (Å²) in [6, 6.07) is 3.78. The number of hydrogen-bond donors (Lipinski definition) is 0. The molecule has 106 valence electrons. The molecule has 0 radical (unpaired) electrons. The topological polar surface area (TPSA) is 35.5 Å². The van der Waals surface area contributed by atoms with Crippen molar-refractivity contribution < 1.29 is 27.4 Å². The summed E-state index contributed by atoms with van der Waals surface area (Å²) < 4.78 is 45.9. The first-order valence-electron chi connectivity index (χ1n) is 5.49. The first-order valence-corrected chi connectivity index (χ1v) is 6.61. The van der Waals surface area contributed by atoms with Gasteiger partial charge < -0.3 is 9.47 Å². The van der Waals surface area contributed by atoms with Crippen LogP contribution in [0.15, 0.2) is 18.2 Å². The van der Waals surface area contributed by atoms with Crippen LogP contribution in [0, 0.1) is 0 Å². The number of carbonyl (C=O) groups is 1. The normalized spacial score (nSPS) is 11.2. The third kappa shape index (κ3) is 5.10. The van der Waals surface area contributed by atoms with Crippen LogP contribution in [0.5, 0.6) is 11.5 Å². The standard InChI is InChI=1S/C12H12BrF3O3/c1-2-18-8-3-4-9(10(17)5-6-13)11(7-8)19-12(14,15)16/h3-4,7H,2,5-6H2,1H3. The van der Waals surface area contributed by atoms with Gasteiger partial charge in [0.05, 0.1) is 12.2 Å². The number of alkyl halides is 4. The summed E-state index contributed by atoms with van der Waals surface area (Å²) in [6.07, 6.45) is -4.77. The molecule has 0 aliphatic rings. The van der Waals surface area contributed by atoms with E-state index in [-0.39, 0.29) is 17.7 Å². The van der Waals surface area contributed by atoms with Crippen molar-refractivity contribution in [1.29, 1.82) is 0 Å². The largest absolute Gasteiger partial charge is 0.573 e. The van der Waals surface area contributed by atoms with E-state index in [2.05, 4.69) is 20.7 Å². The monoisotopic (exact) mass is 340 g/mol. The van der Waals surface area contributed by atoms with E-state index in [0.717, 1.165) is 6.07 Å². The Balaban J connectivity index is 3.10. The molecule has 0 spiro atoms. The summed E-state index contributed by atoms with van der Waals surface area (Å²) in [7, 11) is 0. The first-order chi connectivity index (χ1) is 8.87. The number of rotatable bonds is 6. The third-order valence-electron chi connectivity index (χ3n) is 2.11. The van der Waals surface area contributed by atoms with Gasteiger partial charge in [0.15, 0.2) is 5.78 Å². The predicted octanol–water partition coefficient (Wildman–Crippen LogP) is 3.95. The smallest absolute Gasteiger partial charge is 0.494 e. The molecule has 3 nitrogen and oxygen atoms in total. The Morgan fingerprint density at radius 2 is 2.05 bits per heavy atom. The lowest BCUT2D eigenvalue weighted by Gasteiger charge is -2.14. The van der Waals surface area contributed by atoms with Crippen LogP contribution in [0.2, 0.25) is 0 Å². The van der Waals surface area contributed by atoms with E-state index in [1.165, 1.54) is 12.1 Å². The van der Waals surface area contributed by atoms with Crippen LogP contribution in [-0.4, -0.2) is 24.1 Å². The predicted molar refractivity (Wildman–Crippen MR) is 67.0 cm³/mol. The molecule has 0 fully saturated rings. The van der Waals surface area contributed by atoms with E-state index >= 15 is 0 Å². The fraction of sp³-hybridized carbons (Fsp3) is 0.417. The summed E-state index contributed by atoms with van der Waals surface area (Å²) in [6.45, 7) is 2.01. The van der Waals surface area contributed by atoms with Crippen LogP contribution < -0.4 is 9.47 Å². The van der Waals surface area contributed by atoms with Gasteiger partial charge in [-0.2, -0.15) is 0 Å². The molecule has 0 aliphatic carbocycles. The lowest BCUT2D eigenvalue weighted by molar-refractivity contribution is -0.274. The van der Waals surface area contributed by atoms with Gasteiger partial charge in [-0.05, 0) is 19.1 Å². The number of carbonyl (C=O) groups excluding carboxylic acids is 1. The molecule has 19 heavy (non-hydrogen) atoms. The van der Waals surface area contributed by atoms with Gasteiger partial charge in [-0.25, -0.2) is 0 Å². The number of benzene rings is 1. The van der Waals surface area contributed by atoms with Crippen LogP contribution in [-0.2, 0) is 0 Å². The second-order valence-corrected chi connectivity index (χ2v) is 4.29. The Labute approximate surface area is 116 Å². The minimum Gasteiger partial charge on any atom is -0.494 e. The van der Waals surface area contributed by atoms with Crippen molar-refractivity contribution in [3.05, 3.63) is 23.8 Å². The zero-order valence-electron chi connectivity index (χ0n) is 10.1. The molecule has 0 atom stereocenters. The average molecular weight is 341 g/mol. The number of hydrogen-bond acceptors (Lipinski definition) is 3. The Morgan fingerprint density at radius 3 is 2.58 bits per heavy atom. The zero-order chi connectivity index (χ0) is 14.5. The highest BCUT2D eigenvalue weighted by atomic mass is 79.9. The van der Waals surface area contributed by atoms with Crippen molar-refractivity contribution in [2.24, 2.45) is 0 Å². The van der Waals surface area contributed by atoms with Crippen LogP contribution in [0.3, 0.4) is 0 Å². The molecule has 0 unspecified atom stereocenters. The molecule has 7 heteroatoms. The van der Waals surface area contributed by atoms with E-state index in [0.29, 0.717) is 11.9 Å². The second-order valence-electron chi connectivity index (χ2n) is 3.50. The molecule has 0 saturated carbocycles. The molecule has 0 bridgehead atoms. The van der Waals surface area contributed by atoms with Crippen LogP contribution in [0.1, 0.15) is 23.7 Å². The second kappa shape index (κ2) is 6.79. The van der Waals surface area contributed by atoms with Gasteiger partial charge in [-0.3, -0.25) is 4.79 Å². The van der Waals surface area contributed by atoms with Gasteiger partial charge in [0.25, 0.3) is 0 Å². The number of ether oxygens (including phenoxy) is 2. The number of halogens is 4. The molecule has 0 heterocycles. The SMILES string of the molecule is CCOc1ccc(C(=O)CCBr)c(OC(F)(F)F)c1. The van der Waals surface area contributed by atoms with Gasteiger partial charge in [-0.1, -0.05) is 15.9 Å². The van der Waals surface area contributed by atoms with Crippen LogP contribution >= 0.6 is 15.9 Å². The van der Waals surface area contributed by atoms with Crippen molar-refractivity contribution in [3.63, 3.8) is 0 Å². The maximum atomic E-state index is 12.3. The van der Waals surface area contributed by atoms with E-state index in [9.17, 15) is 18.0 Å². The lowest BCUT2D eigenvalue weighted by Crippen LogP contribution is -2.19. The summed E-state index contributed by atoms with van der Waals surface area (Å²) in [5.74, 6) is -0.749. The molecule has 0 N–H and O–H groups in total. The summed E-state index contributed by atoms with van der Waals surface area (Å²) in [4.78, 5) is 11.7. The molecule has 1 aromatic carbocycles. The molecule has 1 rings (SSSR count). The number of Topliss-reactive ketones (excluding diaryl/α,β-unsaturated/α-hetero) is 1. The molecular weight excluding hydrogens is 329 g/mol. The van der Waals surface area contributed by atoms with Crippen molar-refractivity contribution in [3.8, 4) is 11.5 Å². The third-order valence-corrected chi connectivity index (χ3v) is 2.51. The maximum Gasteiger partial charge on any atom is 0.573 e. The Morgan fingerprint density at radius 1 is 1.37 bits per heavy atom. The Kier molecular flexibility index (Phi) is 5.65. The highest BCUT2D eigenvalue weighted by Gasteiger charge is 2.33. The van der Waals surface area contributed by atoms with Crippen molar-refractivity contribution >= 4 is 21.7 Å². The van der Waals surface area contributed by atoms with E-state index in [4.69, 9.17) is 4.74 Å². The molecule has 0 aromatic heterocycles. The lowest BCUT2D eigenvalue weighted by atomic mass is 10.1. The minimum atomic E-state index is -4.85. The minimum absolute atomic E-state index is 0.0855. The van der Waals surface area contributed by atoms with Gasteiger partial charge >= 0.3 is 6.36 Å². The quantitative estimate of drug-likeness (QED) is 0.581. The highest BCUT2D eigenvalue weighted by Crippen LogP contribution is 2.31. The van der Waals surface area contributed by atoms with Gasteiger partial charge in [0.1, 0.15) is 11.5 Å². The molecule has 0 amide bonds. The summed E-state index contributed by atoms with van der Waals surface area (Å²) >= 11 is 3.06. The molecule has 1 aromatic rings. The van der Waals surface area contributed by atoms with E-state index in [1.807, 2.05) is 0 Å². The summed E-state index contributed by atoms with van der Waals surface area (Å²) in [5, 5.41) is 0.366. The molecule has 0 saturated heterocycles. The van der Waals surface area contributed by atoms with Gasteiger partial charge in [0, 0.05) is 17.8 Å². The number of ketones is 1. The Bertz CT molecular complexity index is 446. The van der Waals surface area contributed by atoms with E-state index in [1.54, 1.807) is 6.92 Å². The molecular formula is C12H12BrF3O3. The van der Waals surface area contributed by atoms with Crippen LogP contribution in [0.4, 0.5) is 13.2 Å². The van der Waals surface area contributed by atoms with Crippen molar-refractivity contribution in [1.82, 2.24) is 0 Å². The van der Waals surface area contributed by atoms with E-state index < -0.39 is 17.9 Å². The van der Waals surface area contributed by atoms with Gasteiger partial charge in [0.2, 0.25) is 0 Å². The molecule has 0 aliphatic heterocycles. The Hall–Kier alpha value is -1.24. The summed E-state index contributed by atoms with van der Waals surface area (Å²) in [5.41, 5.74) is -0.111. The maximum absolute atomic E-state index is 12.3. The van der Waals surface area contributed by atoms with Gasteiger partial charge in [-0.15, -0.1) is 13.2 Å². The first kappa shape index (κ1) is 15.8. The fourth-order valence-electron chi connectivity index (χ4n) is 1.42. The highest BCUT2D eigenvalue weighted by molar-refractivity contribution is 9.09.